The largest absolute Gasteiger partial charge is 0.493 e. The van der Waals surface area contributed by atoms with Gasteiger partial charge in [-0.2, -0.15) is 22.0 Å². The molecule has 17 heteroatoms. The Morgan fingerprint density at radius 2 is 1.69 bits per heavy atom. The van der Waals surface area contributed by atoms with Gasteiger partial charge in [0.15, 0.2) is 11.5 Å². The molecule has 3 rings (SSSR count). The number of alkyl halides is 5. The second-order valence-electron chi connectivity index (χ2n) is 7.61. The SMILES string of the molecule is COc1cc(F)ccc1Oc1cc(C(F)(F)C(F)(F)F)ccc1C(=O)Nc1ccn(COP(=O)(O)O)c(=O)c1. The molecule has 3 N–H and O–H groups in total. The van der Waals surface area contributed by atoms with Crippen LogP contribution in [0.25, 0.3) is 0 Å². The van der Waals surface area contributed by atoms with Gasteiger partial charge in [-0.05, 0) is 30.3 Å². The van der Waals surface area contributed by atoms with E-state index in [1.807, 2.05) is 0 Å². The molecule has 0 saturated heterocycles. The average molecular weight is 582 g/mol. The van der Waals surface area contributed by atoms with Crippen LogP contribution in [-0.2, 0) is 21.7 Å². The predicted octanol–water partition coefficient (Wildman–Crippen LogP) is 4.76. The molecule has 0 atom stereocenters. The Morgan fingerprint density at radius 1 is 1.00 bits per heavy atom. The molecule has 39 heavy (non-hydrogen) atoms. The van der Waals surface area contributed by atoms with Crippen molar-refractivity contribution < 1.29 is 59.5 Å². The first kappa shape index (κ1) is 29.7. The fraction of sp³-hybridized carbons (Fsp3) is 0.182. The highest BCUT2D eigenvalue weighted by molar-refractivity contribution is 7.46. The number of ether oxygens (including phenoxy) is 2. The number of phosphoric acid groups is 1. The van der Waals surface area contributed by atoms with Gasteiger partial charge in [-0.1, -0.05) is 6.07 Å². The first-order chi connectivity index (χ1) is 18.0. The number of benzene rings is 2. The minimum Gasteiger partial charge on any atom is -0.493 e. The number of halogens is 6. The average Bonchev–Trinajstić information content (AvgIpc) is 2.83. The lowest BCUT2D eigenvalue weighted by Gasteiger charge is -2.21. The van der Waals surface area contributed by atoms with Gasteiger partial charge in [0.1, 0.15) is 18.3 Å². The summed E-state index contributed by atoms with van der Waals surface area (Å²) in [6.07, 6.45) is -4.98. The molecule has 0 aliphatic rings. The number of nitrogens with zero attached hydrogens (tertiary/aromatic N) is 1. The molecular weight excluding hydrogens is 565 g/mol. The van der Waals surface area contributed by atoms with E-state index in [1.54, 1.807) is 0 Å². The highest BCUT2D eigenvalue weighted by atomic mass is 31.2. The Hall–Kier alpha value is -3.85. The number of aromatic nitrogens is 1. The molecule has 0 saturated carbocycles. The topological polar surface area (TPSA) is 136 Å². The predicted molar refractivity (Wildman–Crippen MR) is 121 cm³/mol. The molecule has 2 aromatic carbocycles. The van der Waals surface area contributed by atoms with Gasteiger partial charge in [0.2, 0.25) is 0 Å². The van der Waals surface area contributed by atoms with Crippen molar-refractivity contribution in [3.05, 3.63) is 82.0 Å². The third-order valence-electron chi connectivity index (χ3n) is 4.91. The summed E-state index contributed by atoms with van der Waals surface area (Å²) in [4.78, 5) is 42.5. The maximum atomic E-state index is 14.0. The Balaban J connectivity index is 1.99. The minimum atomic E-state index is -5.98. The van der Waals surface area contributed by atoms with Gasteiger partial charge >= 0.3 is 19.9 Å². The molecule has 210 valence electrons. The number of amides is 1. The lowest BCUT2D eigenvalue weighted by Crippen LogP contribution is -2.33. The van der Waals surface area contributed by atoms with Crippen LogP contribution in [0.4, 0.5) is 32.0 Å². The zero-order chi connectivity index (χ0) is 29.2. The number of anilines is 1. The summed E-state index contributed by atoms with van der Waals surface area (Å²) >= 11 is 0. The number of pyridine rings is 1. The number of nitrogens with one attached hydrogen (secondary N) is 1. The highest BCUT2D eigenvalue weighted by Gasteiger charge is 2.58. The van der Waals surface area contributed by atoms with Crippen LogP contribution in [0.3, 0.4) is 0 Å². The van der Waals surface area contributed by atoms with E-state index in [0.29, 0.717) is 12.1 Å². The highest BCUT2D eigenvalue weighted by Crippen LogP contribution is 2.46. The Morgan fingerprint density at radius 3 is 2.28 bits per heavy atom. The fourth-order valence-corrected chi connectivity index (χ4v) is 3.30. The van der Waals surface area contributed by atoms with Crippen LogP contribution in [0.2, 0.25) is 0 Å². The molecule has 10 nitrogen and oxygen atoms in total. The lowest BCUT2D eigenvalue weighted by atomic mass is 10.0. The second kappa shape index (κ2) is 11.1. The third kappa shape index (κ3) is 7.17. The van der Waals surface area contributed by atoms with E-state index in [2.05, 4.69) is 9.84 Å². The zero-order valence-electron chi connectivity index (χ0n) is 19.4. The van der Waals surface area contributed by atoms with Gasteiger partial charge in [-0.25, -0.2) is 8.96 Å². The molecular formula is C22H17F6N2O8P. The fourth-order valence-electron chi connectivity index (χ4n) is 3.03. The van der Waals surface area contributed by atoms with Gasteiger partial charge in [-0.15, -0.1) is 0 Å². The molecule has 3 aromatic rings. The second-order valence-corrected chi connectivity index (χ2v) is 8.85. The van der Waals surface area contributed by atoms with E-state index in [-0.39, 0.29) is 23.3 Å². The van der Waals surface area contributed by atoms with Crippen LogP contribution >= 0.6 is 7.82 Å². The number of hydrogen-bond acceptors (Lipinski definition) is 6. The molecule has 0 aliphatic carbocycles. The normalized spacial score (nSPS) is 12.2. The number of hydrogen-bond donors (Lipinski definition) is 3. The molecule has 0 spiro atoms. The summed E-state index contributed by atoms with van der Waals surface area (Å²) in [6, 6.07) is 5.91. The molecule has 1 aromatic heterocycles. The Bertz CT molecular complexity index is 1490. The van der Waals surface area contributed by atoms with Crippen molar-refractivity contribution in [1.29, 1.82) is 0 Å². The maximum Gasteiger partial charge on any atom is 0.471 e. The Labute approximate surface area is 214 Å². The number of rotatable bonds is 9. The van der Waals surface area contributed by atoms with E-state index in [1.165, 1.54) is 0 Å². The summed E-state index contributed by atoms with van der Waals surface area (Å²) < 4.78 is 107. The molecule has 0 radical (unpaired) electrons. The first-order valence-corrected chi connectivity index (χ1v) is 11.9. The first-order valence-electron chi connectivity index (χ1n) is 10.3. The quantitative estimate of drug-likeness (QED) is 0.243. The van der Waals surface area contributed by atoms with Gasteiger partial charge in [-0.3, -0.25) is 18.7 Å². The lowest BCUT2D eigenvalue weighted by molar-refractivity contribution is -0.289. The number of carbonyl (C=O) groups excluding carboxylic acids is 1. The van der Waals surface area contributed by atoms with Crippen LogP contribution in [-0.4, -0.2) is 33.5 Å². The summed E-state index contributed by atoms with van der Waals surface area (Å²) in [5, 5.41) is 2.22. The number of carbonyl (C=O) groups is 1. The monoisotopic (exact) mass is 582 g/mol. The van der Waals surface area contributed by atoms with Crippen LogP contribution in [0.5, 0.6) is 17.2 Å². The van der Waals surface area contributed by atoms with Gasteiger partial charge in [0.05, 0.1) is 12.7 Å². The van der Waals surface area contributed by atoms with Crippen molar-refractivity contribution in [2.45, 2.75) is 18.8 Å². The van der Waals surface area contributed by atoms with Gasteiger partial charge in [0, 0.05) is 29.6 Å². The van der Waals surface area contributed by atoms with Crippen LogP contribution < -0.4 is 20.3 Å². The van der Waals surface area contributed by atoms with E-state index in [9.17, 15) is 40.5 Å². The molecule has 1 heterocycles. The maximum absolute atomic E-state index is 14.0. The van der Waals surface area contributed by atoms with Crippen LogP contribution in [0.1, 0.15) is 15.9 Å². The van der Waals surface area contributed by atoms with Gasteiger partial charge in [0.25, 0.3) is 11.5 Å². The summed E-state index contributed by atoms with van der Waals surface area (Å²) in [6.45, 7) is -0.830. The van der Waals surface area contributed by atoms with Crippen molar-refractivity contribution in [3.8, 4) is 17.2 Å². The van der Waals surface area contributed by atoms with Gasteiger partial charge < -0.3 is 24.6 Å². The number of methoxy groups -OCH3 is 1. The molecule has 0 aliphatic heterocycles. The van der Waals surface area contributed by atoms with E-state index < -0.39 is 60.8 Å². The third-order valence-corrected chi connectivity index (χ3v) is 5.36. The van der Waals surface area contributed by atoms with Crippen molar-refractivity contribution in [3.63, 3.8) is 0 Å². The van der Waals surface area contributed by atoms with Crippen molar-refractivity contribution in [2.24, 2.45) is 0 Å². The molecule has 0 unspecified atom stereocenters. The minimum absolute atomic E-state index is 0.188. The van der Waals surface area contributed by atoms with E-state index >= 15 is 0 Å². The van der Waals surface area contributed by atoms with Crippen molar-refractivity contribution in [2.75, 3.05) is 12.4 Å². The summed E-state index contributed by atoms with van der Waals surface area (Å²) in [7, 11) is -3.78. The van der Waals surface area contributed by atoms with Crippen LogP contribution in [0, 0.1) is 5.82 Å². The van der Waals surface area contributed by atoms with E-state index in [4.69, 9.17) is 19.3 Å². The number of phosphoric ester groups is 1. The Kier molecular flexibility index (Phi) is 8.45. The van der Waals surface area contributed by atoms with Crippen LogP contribution in [0.15, 0.2) is 59.5 Å². The zero-order valence-corrected chi connectivity index (χ0v) is 20.3. The molecule has 0 bridgehead atoms. The summed E-state index contributed by atoms with van der Waals surface area (Å²) in [5.74, 6) is -8.61. The van der Waals surface area contributed by atoms with Crippen molar-refractivity contribution >= 4 is 19.4 Å². The molecule has 1 amide bonds. The summed E-state index contributed by atoms with van der Waals surface area (Å²) in [5.41, 5.74) is -3.19. The van der Waals surface area contributed by atoms with E-state index in [0.717, 1.165) is 48.2 Å². The molecule has 0 fully saturated rings. The standard InChI is InChI=1S/C22H17F6N2O8P/c1-36-18-9-13(23)3-5-16(18)38-17-8-12(21(24,25)22(26,27)28)2-4-15(17)20(32)29-14-6-7-30(19(31)10-14)11-37-39(33,34)35/h2-10H,11H2,1H3,(H,29,32)(H2,33,34,35). The van der Waals surface area contributed by atoms with Crippen molar-refractivity contribution in [1.82, 2.24) is 4.57 Å². The smallest absolute Gasteiger partial charge is 0.471 e.